The second kappa shape index (κ2) is 8.64. The lowest BCUT2D eigenvalue weighted by Crippen LogP contribution is -2.14. The minimum absolute atomic E-state index is 0.320. The molecule has 7 nitrogen and oxygen atoms in total. The fraction of sp³-hybridized carbons (Fsp3) is 0.350. The van der Waals surface area contributed by atoms with Gasteiger partial charge in [-0.3, -0.25) is 0 Å². The number of carbonyl (C=O) groups is 1. The van der Waals surface area contributed by atoms with E-state index in [-0.39, 0.29) is 6.10 Å². The molecule has 0 amide bonds. The topological polar surface area (TPSA) is 100 Å². The van der Waals surface area contributed by atoms with Gasteiger partial charge in [-0.2, -0.15) is 0 Å². The Bertz CT molecular complexity index is 908. The molecule has 0 aliphatic carbocycles. The van der Waals surface area contributed by atoms with Gasteiger partial charge in [0.25, 0.3) is 0 Å². The Labute approximate surface area is 157 Å². The van der Waals surface area contributed by atoms with Gasteiger partial charge in [0.15, 0.2) is 5.82 Å². The highest BCUT2D eigenvalue weighted by atomic mass is 16.5. The number of fused-ring (bicyclic) bond motifs is 1. The largest absolute Gasteiger partial charge is 0.464 e. The fourth-order valence-electron chi connectivity index (χ4n) is 2.92. The number of carbonyl (C=O) groups excluding carboxylic acids is 1. The molecule has 0 saturated carbocycles. The molecule has 27 heavy (non-hydrogen) atoms. The molecule has 0 aliphatic heterocycles. The number of methoxy groups -OCH3 is 1. The Morgan fingerprint density at radius 2 is 2.04 bits per heavy atom. The second-order valence-electron chi connectivity index (χ2n) is 6.36. The molecule has 0 bridgehead atoms. The molecule has 3 N–H and O–H groups in total. The summed E-state index contributed by atoms with van der Waals surface area (Å²) in [5.74, 6) is 0.713. The van der Waals surface area contributed by atoms with Gasteiger partial charge in [0.2, 0.25) is 0 Å². The lowest BCUT2D eigenvalue weighted by atomic mass is 10.1. The van der Waals surface area contributed by atoms with Crippen LogP contribution < -0.4 is 5.32 Å². The number of nitrogens with one attached hydrogen (secondary N) is 2. The highest BCUT2D eigenvalue weighted by molar-refractivity contribution is 5.98. The van der Waals surface area contributed by atoms with Crippen molar-refractivity contribution in [3.05, 3.63) is 42.1 Å². The normalized spacial score (nSPS) is 12.1. The summed E-state index contributed by atoms with van der Waals surface area (Å²) in [6.45, 7) is 2.62. The van der Waals surface area contributed by atoms with Crippen molar-refractivity contribution in [3.63, 3.8) is 0 Å². The van der Waals surface area contributed by atoms with Crippen LogP contribution in [0.3, 0.4) is 0 Å². The molecule has 2 aromatic heterocycles. The van der Waals surface area contributed by atoms with Crippen molar-refractivity contribution in [1.29, 1.82) is 0 Å². The summed E-state index contributed by atoms with van der Waals surface area (Å²) >= 11 is 0. The number of H-pyrrole nitrogens is 1. The zero-order valence-corrected chi connectivity index (χ0v) is 15.5. The Kier molecular flexibility index (Phi) is 6.03. The summed E-state index contributed by atoms with van der Waals surface area (Å²) in [6, 6.07) is 11.3. The van der Waals surface area contributed by atoms with Crippen LogP contribution in [0.2, 0.25) is 0 Å². The molecular weight excluding hydrogens is 344 g/mol. The van der Waals surface area contributed by atoms with Gasteiger partial charge >= 0.3 is 5.97 Å². The standard InChI is InChI=1S/C20H24N4O3/c1-3-7-14(25)10-11-21-18-15-12-16(20(26)27-2)22-19(15)24-17(23-18)13-8-5-4-6-9-13/h4-6,8-9,12,14,25H,3,7,10-11H2,1-2H3,(H2,21,22,23,24)/t14-/m0/s1. The minimum Gasteiger partial charge on any atom is -0.464 e. The number of rotatable bonds is 8. The maximum atomic E-state index is 11.9. The summed E-state index contributed by atoms with van der Waals surface area (Å²) in [5.41, 5.74) is 1.75. The lowest BCUT2D eigenvalue weighted by Gasteiger charge is -2.12. The van der Waals surface area contributed by atoms with Crippen LogP contribution in [0.4, 0.5) is 5.82 Å². The molecule has 0 radical (unpaired) electrons. The summed E-state index contributed by atoms with van der Waals surface area (Å²) in [6.07, 6.45) is 1.99. The SMILES string of the molecule is CCC[C@H](O)CCNc1nc(-c2ccccc2)nc2[nH]c(C(=O)OC)cc12. The number of hydrogen-bond acceptors (Lipinski definition) is 6. The first kappa shape index (κ1) is 18.8. The van der Waals surface area contributed by atoms with Crippen LogP contribution >= 0.6 is 0 Å². The molecule has 0 aliphatic rings. The first-order valence-electron chi connectivity index (χ1n) is 9.08. The van der Waals surface area contributed by atoms with Crippen molar-refractivity contribution >= 4 is 22.8 Å². The van der Waals surface area contributed by atoms with Crippen molar-refractivity contribution < 1.29 is 14.6 Å². The van der Waals surface area contributed by atoms with Gasteiger partial charge in [-0.15, -0.1) is 0 Å². The highest BCUT2D eigenvalue weighted by Gasteiger charge is 2.16. The van der Waals surface area contributed by atoms with Gasteiger partial charge in [0, 0.05) is 12.1 Å². The smallest absolute Gasteiger partial charge is 0.354 e. The molecular formula is C20H24N4O3. The predicted molar refractivity (Wildman–Crippen MR) is 105 cm³/mol. The Morgan fingerprint density at radius 1 is 1.26 bits per heavy atom. The van der Waals surface area contributed by atoms with E-state index in [2.05, 4.69) is 20.3 Å². The molecule has 1 atom stereocenters. The maximum Gasteiger partial charge on any atom is 0.354 e. The van der Waals surface area contributed by atoms with Crippen LogP contribution in [0.15, 0.2) is 36.4 Å². The number of aromatic nitrogens is 3. The van der Waals surface area contributed by atoms with E-state index in [4.69, 9.17) is 4.74 Å². The predicted octanol–water partition coefficient (Wildman–Crippen LogP) is 3.37. The van der Waals surface area contributed by atoms with E-state index in [0.717, 1.165) is 18.4 Å². The third-order valence-electron chi connectivity index (χ3n) is 4.32. The van der Waals surface area contributed by atoms with Gasteiger partial charge < -0.3 is 20.1 Å². The van der Waals surface area contributed by atoms with E-state index < -0.39 is 5.97 Å². The molecule has 3 aromatic rings. The van der Waals surface area contributed by atoms with Crippen molar-refractivity contribution in [3.8, 4) is 11.4 Å². The molecule has 7 heteroatoms. The monoisotopic (exact) mass is 368 g/mol. The van der Waals surface area contributed by atoms with Crippen LogP contribution in [0.25, 0.3) is 22.4 Å². The fourth-order valence-corrected chi connectivity index (χ4v) is 2.92. The number of ether oxygens (including phenoxy) is 1. The van der Waals surface area contributed by atoms with E-state index in [9.17, 15) is 9.90 Å². The van der Waals surface area contributed by atoms with E-state index in [1.54, 1.807) is 6.07 Å². The van der Waals surface area contributed by atoms with Crippen molar-refractivity contribution in [2.45, 2.75) is 32.3 Å². The maximum absolute atomic E-state index is 11.9. The van der Waals surface area contributed by atoms with Crippen LogP contribution in [0.1, 0.15) is 36.7 Å². The molecule has 0 unspecified atom stereocenters. The van der Waals surface area contributed by atoms with Gasteiger partial charge in [-0.1, -0.05) is 43.7 Å². The van der Waals surface area contributed by atoms with Gasteiger partial charge in [-0.25, -0.2) is 14.8 Å². The third-order valence-corrected chi connectivity index (χ3v) is 4.32. The zero-order chi connectivity index (χ0) is 19.2. The van der Waals surface area contributed by atoms with E-state index >= 15 is 0 Å². The molecule has 0 saturated heterocycles. The van der Waals surface area contributed by atoms with Crippen molar-refractivity contribution in [1.82, 2.24) is 15.0 Å². The average molecular weight is 368 g/mol. The first-order chi connectivity index (χ1) is 13.1. The quantitative estimate of drug-likeness (QED) is 0.527. The Morgan fingerprint density at radius 3 is 2.74 bits per heavy atom. The molecule has 142 valence electrons. The van der Waals surface area contributed by atoms with Gasteiger partial charge in [0.05, 0.1) is 18.6 Å². The lowest BCUT2D eigenvalue weighted by molar-refractivity contribution is 0.0595. The zero-order valence-electron chi connectivity index (χ0n) is 15.5. The summed E-state index contributed by atoms with van der Waals surface area (Å²) in [7, 11) is 1.34. The molecule has 1 aromatic carbocycles. The van der Waals surface area contributed by atoms with Crippen LogP contribution in [0.5, 0.6) is 0 Å². The second-order valence-corrected chi connectivity index (χ2v) is 6.36. The number of anilines is 1. The Balaban J connectivity index is 1.95. The number of benzene rings is 1. The third kappa shape index (κ3) is 4.43. The van der Waals surface area contributed by atoms with E-state index in [1.165, 1.54) is 7.11 Å². The van der Waals surface area contributed by atoms with Crippen LogP contribution in [-0.4, -0.2) is 45.8 Å². The minimum atomic E-state index is -0.460. The Hall–Kier alpha value is -2.93. The average Bonchev–Trinajstić information content (AvgIpc) is 3.12. The molecule has 2 heterocycles. The first-order valence-corrected chi connectivity index (χ1v) is 9.08. The van der Waals surface area contributed by atoms with Crippen molar-refractivity contribution in [2.75, 3.05) is 19.0 Å². The molecule has 0 fully saturated rings. The van der Waals surface area contributed by atoms with E-state index in [0.29, 0.717) is 41.3 Å². The number of aliphatic hydroxyl groups excluding tert-OH is 1. The molecule has 0 spiro atoms. The summed E-state index contributed by atoms with van der Waals surface area (Å²) < 4.78 is 4.79. The van der Waals surface area contributed by atoms with Crippen molar-refractivity contribution in [2.24, 2.45) is 0 Å². The number of hydrogen-bond donors (Lipinski definition) is 3. The molecule has 3 rings (SSSR count). The highest BCUT2D eigenvalue weighted by Crippen LogP contribution is 2.26. The number of nitrogens with zero attached hydrogens (tertiary/aromatic N) is 2. The number of aliphatic hydroxyl groups is 1. The van der Waals surface area contributed by atoms with E-state index in [1.807, 2.05) is 37.3 Å². The van der Waals surface area contributed by atoms with Gasteiger partial charge in [0.1, 0.15) is 17.2 Å². The van der Waals surface area contributed by atoms with Crippen LogP contribution in [0, 0.1) is 0 Å². The van der Waals surface area contributed by atoms with Crippen LogP contribution in [-0.2, 0) is 4.74 Å². The summed E-state index contributed by atoms with van der Waals surface area (Å²) in [5, 5.41) is 13.9. The van der Waals surface area contributed by atoms with Gasteiger partial charge in [-0.05, 0) is 18.9 Å². The number of esters is 1. The number of aromatic amines is 1. The summed E-state index contributed by atoms with van der Waals surface area (Å²) in [4.78, 5) is 24.1.